The maximum Gasteiger partial charge on any atom is 0.240 e. The highest BCUT2D eigenvalue weighted by Gasteiger charge is 2.37. The second kappa shape index (κ2) is 7.66. The molecular formula is C20H31N3O. The number of nitrogens with zero attached hydrogens (tertiary/aromatic N) is 1. The Morgan fingerprint density at radius 1 is 1.25 bits per heavy atom. The van der Waals surface area contributed by atoms with Gasteiger partial charge in [-0.25, -0.2) is 0 Å². The van der Waals surface area contributed by atoms with Crippen LogP contribution in [-0.4, -0.2) is 36.0 Å². The van der Waals surface area contributed by atoms with Crippen molar-refractivity contribution < 1.29 is 4.79 Å². The van der Waals surface area contributed by atoms with Crippen molar-refractivity contribution in [2.45, 2.75) is 57.0 Å². The van der Waals surface area contributed by atoms with E-state index >= 15 is 0 Å². The third-order valence-corrected chi connectivity index (χ3v) is 5.85. The maximum atomic E-state index is 12.6. The summed E-state index contributed by atoms with van der Waals surface area (Å²) in [6.45, 7) is 5.18. The van der Waals surface area contributed by atoms with Gasteiger partial charge in [-0.1, -0.05) is 50.1 Å². The molecule has 0 spiro atoms. The molecule has 1 unspecified atom stereocenters. The van der Waals surface area contributed by atoms with Crippen LogP contribution >= 0.6 is 0 Å². The van der Waals surface area contributed by atoms with E-state index in [1.54, 1.807) is 0 Å². The number of likely N-dealkylation sites (tertiary alicyclic amines) is 1. The quantitative estimate of drug-likeness (QED) is 0.873. The summed E-state index contributed by atoms with van der Waals surface area (Å²) in [7, 11) is 0. The van der Waals surface area contributed by atoms with E-state index in [1.807, 2.05) is 6.07 Å². The van der Waals surface area contributed by atoms with Gasteiger partial charge in [0.1, 0.15) is 0 Å². The number of amides is 1. The molecule has 1 saturated carbocycles. The smallest absolute Gasteiger partial charge is 0.240 e. The number of nitrogens with one attached hydrogen (secondary N) is 1. The number of carbonyl (C=O) groups is 1. The zero-order valence-corrected chi connectivity index (χ0v) is 14.8. The van der Waals surface area contributed by atoms with Crippen LogP contribution in [0.5, 0.6) is 0 Å². The van der Waals surface area contributed by atoms with Gasteiger partial charge in [0.15, 0.2) is 0 Å². The molecule has 1 aliphatic heterocycles. The van der Waals surface area contributed by atoms with Crippen LogP contribution in [0, 0.1) is 5.92 Å². The van der Waals surface area contributed by atoms with Crippen LogP contribution in [0.4, 0.5) is 0 Å². The molecule has 0 aromatic heterocycles. The van der Waals surface area contributed by atoms with Crippen molar-refractivity contribution in [3.05, 3.63) is 35.9 Å². The molecule has 24 heavy (non-hydrogen) atoms. The lowest BCUT2D eigenvalue weighted by atomic mass is 9.95. The predicted octanol–water partition coefficient (Wildman–Crippen LogP) is 2.85. The molecule has 1 saturated heterocycles. The van der Waals surface area contributed by atoms with Crippen LogP contribution in [0.2, 0.25) is 0 Å². The number of carbonyl (C=O) groups excluding carboxylic acids is 1. The molecule has 3 N–H and O–H groups in total. The Hall–Kier alpha value is -1.39. The van der Waals surface area contributed by atoms with Gasteiger partial charge in [0.25, 0.3) is 0 Å². The van der Waals surface area contributed by atoms with Gasteiger partial charge >= 0.3 is 0 Å². The number of nitrogens with two attached hydrogens (primary N) is 1. The Bertz CT molecular complexity index is 531. The summed E-state index contributed by atoms with van der Waals surface area (Å²) in [6, 6.07) is 10.8. The molecule has 1 aromatic rings. The van der Waals surface area contributed by atoms with E-state index in [9.17, 15) is 4.79 Å². The van der Waals surface area contributed by atoms with Crippen molar-refractivity contribution in [1.29, 1.82) is 0 Å². The van der Waals surface area contributed by atoms with Crippen molar-refractivity contribution in [3.8, 4) is 0 Å². The van der Waals surface area contributed by atoms with Crippen molar-refractivity contribution in [1.82, 2.24) is 10.2 Å². The Morgan fingerprint density at radius 3 is 2.50 bits per heavy atom. The molecule has 4 heteroatoms. The van der Waals surface area contributed by atoms with Gasteiger partial charge in [0.05, 0.1) is 11.6 Å². The van der Waals surface area contributed by atoms with Crippen LogP contribution in [0.1, 0.15) is 57.1 Å². The summed E-state index contributed by atoms with van der Waals surface area (Å²) in [5.74, 6) is 0.837. The maximum absolute atomic E-state index is 12.6. The van der Waals surface area contributed by atoms with Gasteiger partial charge in [0, 0.05) is 6.54 Å². The molecule has 1 aromatic carbocycles. The van der Waals surface area contributed by atoms with Gasteiger partial charge in [0.2, 0.25) is 5.91 Å². The lowest BCUT2D eigenvalue weighted by molar-refractivity contribution is -0.126. The molecule has 1 atom stereocenters. The van der Waals surface area contributed by atoms with Crippen LogP contribution in [0.3, 0.4) is 0 Å². The first kappa shape index (κ1) is 17.4. The second-order valence-corrected chi connectivity index (χ2v) is 7.72. The Labute approximate surface area is 145 Å². The SMILES string of the molecule is CC1CCN(C(CNC(=O)C2(N)CCCC2)c2ccccc2)CC1. The minimum atomic E-state index is -0.641. The number of piperidine rings is 1. The standard InChI is InChI=1S/C20H31N3O/c1-16-9-13-23(14-10-16)18(17-7-3-2-4-8-17)15-22-19(24)20(21)11-5-6-12-20/h2-4,7-8,16,18H,5-6,9-15,21H2,1H3,(H,22,24). The molecule has 132 valence electrons. The van der Waals surface area contributed by atoms with E-state index in [4.69, 9.17) is 5.73 Å². The molecule has 0 bridgehead atoms. The van der Waals surface area contributed by atoms with Gasteiger partial charge < -0.3 is 11.1 Å². The predicted molar refractivity (Wildman–Crippen MR) is 97.6 cm³/mol. The number of hydrogen-bond acceptors (Lipinski definition) is 3. The third kappa shape index (κ3) is 3.98. The van der Waals surface area contributed by atoms with E-state index < -0.39 is 5.54 Å². The fourth-order valence-corrected chi connectivity index (χ4v) is 4.07. The van der Waals surface area contributed by atoms with Crippen LogP contribution < -0.4 is 11.1 Å². The van der Waals surface area contributed by atoms with E-state index in [2.05, 4.69) is 41.4 Å². The monoisotopic (exact) mass is 329 g/mol. The first-order chi connectivity index (χ1) is 11.6. The minimum Gasteiger partial charge on any atom is -0.353 e. The molecule has 1 aliphatic carbocycles. The van der Waals surface area contributed by atoms with Crippen LogP contribution in [-0.2, 0) is 4.79 Å². The first-order valence-electron chi connectivity index (χ1n) is 9.45. The Morgan fingerprint density at radius 2 is 1.88 bits per heavy atom. The minimum absolute atomic E-state index is 0.0336. The lowest BCUT2D eigenvalue weighted by Gasteiger charge is -2.37. The number of hydrogen-bond donors (Lipinski definition) is 2. The van der Waals surface area contributed by atoms with Crippen molar-refractivity contribution in [2.24, 2.45) is 11.7 Å². The summed E-state index contributed by atoms with van der Waals surface area (Å²) in [6.07, 6.45) is 6.23. The average Bonchev–Trinajstić information content (AvgIpc) is 3.05. The molecule has 2 aliphatic rings. The lowest BCUT2D eigenvalue weighted by Crippen LogP contribution is -2.53. The number of rotatable bonds is 5. The van der Waals surface area contributed by atoms with Crippen LogP contribution in [0.25, 0.3) is 0 Å². The zero-order chi connectivity index (χ0) is 17.0. The summed E-state index contributed by atoms with van der Waals surface area (Å²) < 4.78 is 0. The van der Waals surface area contributed by atoms with Gasteiger partial charge in [-0.2, -0.15) is 0 Å². The summed E-state index contributed by atoms with van der Waals surface area (Å²) >= 11 is 0. The largest absolute Gasteiger partial charge is 0.353 e. The summed E-state index contributed by atoms with van der Waals surface area (Å²) in [5.41, 5.74) is 6.94. The molecule has 1 heterocycles. The molecular weight excluding hydrogens is 298 g/mol. The number of benzene rings is 1. The topological polar surface area (TPSA) is 58.4 Å². The van der Waals surface area contributed by atoms with E-state index in [1.165, 1.54) is 18.4 Å². The summed E-state index contributed by atoms with van der Waals surface area (Å²) in [5, 5.41) is 3.17. The fraction of sp³-hybridized carbons (Fsp3) is 0.650. The fourth-order valence-electron chi connectivity index (χ4n) is 4.07. The Kier molecular flexibility index (Phi) is 5.57. The highest BCUT2D eigenvalue weighted by atomic mass is 16.2. The van der Waals surface area contributed by atoms with Crippen molar-refractivity contribution in [2.75, 3.05) is 19.6 Å². The van der Waals surface area contributed by atoms with Crippen LogP contribution in [0.15, 0.2) is 30.3 Å². The van der Waals surface area contributed by atoms with E-state index in [0.29, 0.717) is 6.54 Å². The van der Waals surface area contributed by atoms with Gasteiger partial charge in [-0.3, -0.25) is 9.69 Å². The van der Waals surface area contributed by atoms with E-state index in [0.717, 1.165) is 44.7 Å². The molecule has 3 rings (SSSR count). The molecule has 0 radical (unpaired) electrons. The molecule has 1 amide bonds. The molecule has 2 fully saturated rings. The Balaban J connectivity index is 1.67. The third-order valence-electron chi connectivity index (χ3n) is 5.85. The van der Waals surface area contributed by atoms with Crippen molar-refractivity contribution in [3.63, 3.8) is 0 Å². The summed E-state index contributed by atoms with van der Waals surface area (Å²) in [4.78, 5) is 15.1. The van der Waals surface area contributed by atoms with E-state index in [-0.39, 0.29) is 11.9 Å². The first-order valence-corrected chi connectivity index (χ1v) is 9.45. The average molecular weight is 329 g/mol. The highest BCUT2D eigenvalue weighted by molar-refractivity contribution is 5.86. The molecule has 4 nitrogen and oxygen atoms in total. The normalized spacial score (nSPS) is 23.1. The zero-order valence-electron chi connectivity index (χ0n) is 14.8. The van der Waals surface area contributed by atoms with Crippen molar-refractivity contribution >= 4 is 5.91 Å². The van der Waals surface area contributed by atoms with Gasteiger partial charge in [-0.15, -0.1) is 0 Å². The second-order valence-electron chi connectivity index (χ2n) is 7.72. The van der Waals surface area contributed by atoms with Gasteiger partial charge in [-0.05, 0) is 50.3 Å². The highest BCUT2D eigenvalue weighted by Crippen LogP contribution is 2.29.